The first kappa shape index (κ1) is 15.6. The van der Waals surface area contributed by atoms with Crippen molar-refractivity contribution >= 4 is 11.6 Å². The fraction of sp³-hybridized carbons (Fsp3) is 0.133. The zero-order valence-corrected chi connectivity index (χ0v) is 11.6. The Morgan fingerprint density at radius 1 is 1.18 bits per heavy atom. The summed E-state index contributed by atoms with van der Waals surface area (Å²) in [5.74, 6) is -1.93. The molecule has 0 N–H and O–H groups in total. The molecule has 0 atom stereocenters. The van der Waals surface area contributed by atoms with Crippen LogP contribution in [-0.2, 0) is 6.54 Å². The van der Waals surface area contributed by atoms with Gasteiger partial charge in [0, 0.05) is 25.2 Å². The number of hydrogen-bond donors (Lipinski definition) is 0. The number of benzene rings is 2. The zero-order valence-electron chi connectivity index (χ0n) is 11.6. The third-order valence-electron chi connectivity index (χ3n) is 3.07. The molecule has 0 aliphatic carbocycles. The Kier molecular flexibility index (Phi) is 4.45. The van der Waals surface area contributed by atoms with Gasteiger partial charge in [-0.2, -0.15) is 4.39 Å². The first-order valence-corrected chi connectivity index (χ1v) is 6.32. The second kappa shape index (κ2) is 6.30. The number of carbonyl (C=O) groups is 1. The largest absolute Gasteiger partial charge is 0.337 e. The molecule has 7 heteroatoms. The number of amides is 1. The van der Waals surface area contributed by atoms with Gasteiger partial charge in [-0.3, -0.25) is 14.9 Å². The van der Waals surface area contributed by atoms with Crippen LogP contribution in [0.1, 0.15) is 15.9 Å². The normalized spacial score (nSPS) is 10.3. The molecule has 22 heavy (non-hydrogen) atoms. The maximum Gasteiger partial charge on any atom is 0.304 e. The van der Waals surface area contributed by atoms with Gasteiger partial charge < -0.3 is 4.90 Å². The van der Waals surface area contributed by atoms with Gasteiger partial charge in [0.1, 0.15) is 5.82 Å². The molecule has 0 fully saturated rings. The molecule has 2 rings (SSSR count). The van der Waals surface area contributed by atoms with E-state index in [1.54, 1.807) is 0 Å². The number of nitro benzene ring substituents is 1. The van der Waals surface area contributed by atoms with Crippen molar-refractivity contribution in [3.63, 3.8) is 0 Å². The fourth-order valence-corrected chi connectivity index (χ4v) is 1.94. The van der Waals surface area contributed by atoms with E-state index in [4.69, 9.17) is 0 Å². The number of carbonyl (C=O) groups excluding carboxylic acids is 1. The van der Waals surface area contributed by atoms with Crippen LogP contribution in [0.3, 0.4) is 0 Å². The van der Waals surface area contributed by atoms with Crippen molar-refractivity contribution in [2.75, 3.05) is 7.05 Å². The quantitative estimate of drug-likeness (QED) is 0.644. The lowest BCUT2D eigenvalue weighted by Gasteiger charge is -2.17. The highest BCUT2D eigenvalue weighted by Crippen LogP contribution is 2.19. The van der Waals surface area contributed by atoms with E-state index in [1.165, 1.54) is 42.3 Å². The molecule has 114 valence electrons. The molecule has 0 heterocycles. The molecule has 0 spiro atoms. The predicted molar refractivity (Wildman–Crippen MR) is 75.3 cm³/mol. The number of nitro groups is 1. The van der Waals surface area contributed by atoms with Gasteiger partial charge in [-0.25, -0.2) is 4.39 Å². The van der Waals surface area contributed by atoms with Crippen molar-refractivity contribution in [1.29, 1.82) is 0 Å². The Balaban J connectivity index is 2.15. The van der Waals surface area contributed by atoms with Crippen LogP contribution >= 0.6 is 0 Å². The molecule has 5 nitrogen and oxygen atoms in total. The minimum atomic E-state index is -1.06. The second-order valence-electron chi connectivity index (χ2n) is 4.71. The lowest BCUT2D eigenvalue weighted by Crippen LogP contribution is -2.26. The van der Waals surface area contributed by atoms with Gasteiger partial charge in [0.15, 0.2) is 0 Å². The van der Waals surface area contributed by atoms with Crippen molar-refractivity contribution in [1.82, 2.24) is 4.90 Å². The average molecular weight is 306 g/mol. The Bertz CT molecular complexity index is 717. The fourth-order valence-electron chi connectivity index (χ4n) is 1.94. The monoisotopic (exact) mass is 306 g/mol. The minimum Gasteiger partial charge on any atom is -0.337 e. The van der Waals surface area contributed by atoms with Crippen LogP contribution in [0.15, 0.2) is 42.5 Å². The number of halogens is 2. The second-order valence-corrected chi connectivity index (χ2v) is 4.71. The number of rotatable bonds is 4. The zero-order chi connectivity index (χ0) is 16.3. The number of nitrogens with zero attached hydrogens (tertiary/aromatic N) is 2. The van der Waals surface area contributed by atoms with Crippen LogP contribution in [0, 0.1) is 21.7 Å². The van der Waals surface area contributed by atoms with Gasteiger partial charge in [0.2, 0.25) is 5.82 Å². The molecule has 0 aromatic heterocycles. The minimum absolute atomic E-state index is 0.00714. The summed E-state index contributed by atoms with van der Waals surface area (Å²) in [7, 11) is 1.50. The van der Waals surface area contributed by atoms with Gasteiger partial charge in [0.25, 0.3) is 5.91 Å². The van der Waals surface area contributed by atoms with Gasteiger partial charge in [-0.1, -0.05) is 12.1 Å². The summed E-state index contributed by atoms with van der Waals surface area (Å²) in [6.45, 7) is 0.206. The van der Waals surface area contributed by atoms with Gasteiger partial charge in [-0.05, 0) is 29.8 Å². The lowest BCUT2D eigenvalue weighted by molar-refractivity contribution is -0.387. The van der Waals surface area contributed by atoms with Gasteiger partial charge in [-0.15, -0.1) is 0 Å². The molecule has 0 radical (unpaired) electrons. The molecular formula is C15H12F2N2O3. The summed E-state index contributed by atoms with van der Waals surface area (Å²) in [4.78, 5) is 23.2. The Labute approximate surface area is 124 Å². The average Bonchev–Trinajstić information content (AvgIpc) is 2.48. The van der Waals surface area contributed by atoms with Crippen LogP contribution in [-0.4, -0.2) is 22.8 Å². The highest BCUT2D eigenvalue weighted by Gasteiger charge is 2.18. The molecule has 0 bridgehead atoms. The summed E-state index contributed by atoms with van der Waals surface area (Å²) < 4.78 is 26.4. The summed E-state index contributed by atoms with van der Waals surface area (Å²) in [5, 5.41) is 10.5. The van der Waals surface area contributed by atoms with E-state index in [0.29, 0.717) is 5.56 Å². The van der Waals surface area contributed by atoms with Crippen molar-refractivity contribution in [2.45, 2.75) is 6.54 Å². The molecule has 0 saturated carbocycles. The predicted octanol–water partition coefficient (Wildman–Crippen LogP) is 3.15. The maximum atomic E-state index is 13.5. The SMILES string of the molecule is CN(Cc1ccc(F)cc1)C(=O)c1ccc([N+](=O)[O-])c(F)c1. The maximum absolute atomic E-state index is 13.5. The van der Waals surface area contributed by atoms with E-state index < -0.39 is 22.3 Å². The standard InChI is InChI=1S/C15H12F2N2O3/c1-18(9-10-2-5-12(16)6-3-10)15(20)11-4-7-14(19(21)22)13(17)8-11/h2-8H,9H2,1H3. The van der Waals surface area contributed by atoms with E-state index in [0.717, 1.165) is 12.1 Å². The Morgan fingerprint density at radius 3 is 2.36 bits per heavy atom. The van der Waals surface area contributed by atoms with Crippen LogP contribution in [0.4, 0.5) is 14.5 Å². The molecule has 0 saturated heterocycles. The molecule has 1 amide bonds. The van der Waals surface area contributed by atoms with Crippen LogP contribution in [0.25, 0.3) is 0 Å². The molecular weight excluding hydrogens is 294 g/mol. The number of hydrogen-bond acceptors (Lipinski definition) is 3. The molecule has 0 aliphatic rings. The van der Waals surface area contributed by atoms with Crippen molar-refractivity contribution in [3.8, 4) is 0 Å². The summed E-state index contributed by atoms with van der Waals surface area (Å²) in [5.41, 5.74) is 0.0325. The van der Waals surface area contributed by atoms with E-state index in [9.17, 15) is 23.7 Å². The summed E-state index contributed by atoms with van der Waals surface area (Å²) >= 11 is 0. The first-order valence-electron chi connectivity index (χ1n) is 6.32. The van der Waals surface area contributed by atoms with Crippen molar-refractivity contribution in [2.24, 2.45) is 0 Å². The van der Waals surface area contributed by atoms with E-state index in [-0.39, 0.29) is 17.9 Å². The first-order chi connectivity index (χ1) is 10.4. The van der Waals surface area contributed by atoms with Crippen molar-refractivity contribution < 1.29 is 18.5 Å². The molecule has 2 aromatic carbocycles. The molecule has 2 aromatic rings. The highest BCUT2D eigenvalue weighted by molar-refractivity contribution is 5.94. The van der Waals surface area contributed by atoms with E-state index in [1.807, 2.05) is 0 Å². The lowest BCUT2D eigenvalue weighted by atomic mass is 10.1. The van der Waals surface area contributed by atoms with Crippen LogP contribution in [0.5, 0.6) is 0 Å². The smallest absolute Gasteiger partial charge is 0.304 e. The summed E-state index contributed by atoms with van der Waals surface area (Å²) in [6, 6.07) is 8.62. The third kappa shape index (κ3) is 3.43. The van der Waals surface area contributed by atoms with Crippen LogP contribution in [0.2, 0.25) is 0 Å². The van der Waals surface area contributed by atoms with Crippen LogP contribution < -0.4 is 0 Å². The van der Waals surface area contributed by atoms with E-state index >= 15 is 0 Å². The molecule has 0 aliphatic heterocycles. The van der Waals surface area contributed by atoms with Crippen molar-refractivity contribution in [3.05, 3.63) is 75.3 Å². The van der Waals surface area contributed by atoms with E-state index in [2.05, 4.69) is 0 Å². The topological polar surface area (TPSA) is 63.5 Å². The highest BCUT2D eigenvalue weighted by atomic mass is 19.1. The van der Waals surface area contributed by atoms with Gasteiger partial charge >= 0.3 is 5.69 Å². The Morgan fingerprint density at radius 2 is 1.82 bits per heavy atom. The third-order valence-corrected chi connectivity index (χ3v) is 3.07. The summed E-state index contributed by atoms with van der Waals surface area (Å²) in [6.07, 6.45) is 0. The Hall–Kier alpha value is -2.83. The molecule has 0 unspecified atom stereocenters. The van der Waals surface area contributed by atoms with Gasteiger partial charge in [0.05, 0.1) is 4.92 Å².